The second-order valence-corrected chi connectivity index (χ2v) is 4.65. The average Bonchev–Trinajstić information content (AvgIpc) is 2.15. The second kappa shape index (κ2) is 5.32. The highest BCUT2D eigenvalue weighted by Gasteiger charge is 2.03. The van der Waals surface area contributed by atoms with Gasteiger partial charge in [-0.3, -0.25) is 0 Å². The molecule has 76 valence electrons. The topological polar surface area (TPSA) is 12.0 Å². The van der Waals surface area contributed by atoms with Crippen molar-refractivity contribution in [1.29, 1.82) is 0 Å². The van der Waals surface area contributed by atoms with Gasteiger partial charge in [-0.1, -0.05) is 52.3 Å². The van der Waals surface area contributed by atoms with Crippen molar-refractivity contribution in [3.63, 3.8) is 0 Å². The standard InChI is InChI=1S/C12H16BrN/c1-9-4-6-12(7-5-9)11(3)14-8-10(2)13/h4-7,11,14H,2,8H2,1,3H3/t11-/m0/s1. The van der Waals surface area contributed by atoms with E-state index in [0.717, 1.165) is 11.0 Å². The molecule has 1 aromatic rings. The van der Waals surface area contributed by atoms with Crippen LogP contribution < -0.4 is 5.32 Å². The van der Waals surface area contributed by atoms with Crippen molar-refractivity contribution in [2.75, 3.05) is 6.54 Å². The first-order chi connectivity index (χ1) is 6.59. The first-order valence-corrected chi connectivity index (χ1v) is 5.52. The van der Waals surface area contributed by atoms with Crippen molar-refractivity contribution < 1.29 is 0 Å². The number of hydrogen-bond donors (Lipinski definition) is 1. The quantitative estimate of drug-likeness (QED) is 0.866. The van der Waals surface area contributed by atoms with Crippen molar-refractivity contribution in [3.05, 3.63) is 46.5 Å². The van der Waals surface area contributed by atoms with Gasteiger partial charge in [0.05, 0.1) is 0 Å². The third kappa shape index (κ3) is 3.64. The molecule has 1 atom stereocenters. The molecule has 0 saturated heterocycles. The van der Waals surface area contributed by atoms with E-state index < -0.39 is 0 Å². The van der Waals surface area contributed by atoms with E-state index in [9.17, 15) is 0 Å². The highest BCUT2D eigenvalue weighted by atomic mass is 79.9. The molecule has 0 radical (unpaired) electrons. The summed E-state index contributed by atoms with van der Waals surface area (Å²) in [6.07, 6.45) is 0. The molecule has 0 aromatic heterocycles. The fraction of sp³-hybridized carbons (Fsp3) is 0.333. The summed E-state index contributed by atoms with van der Waals surface area (Å²) in [5.74, 6) is 0. The molecule has 0 aliphatic carbocycles. The van der Waals surface area contributed by atoms with Crippen LogP contribution in [0, 0.1) is 6.92 Å². The second-order valence-electron chi connectivity index (χ2n) is 3.53. The molecule has 1 aromatic carbocycles. The Bertz CT molecular complexity index is 303. The lowest BCUT2D eigenvalue weighted by molar-refractivity contribution is 0.616. The fourth-order valence-corrected chi connectivity index (χ4v) is 1.40. The lowest BCUT2D eigenvalue weighted by atomic mass is 10.1. The van der Waals surface area contributed by atoms with Crippen molar-refractivity contribution in [2.45, 2.75) is 19.9 Å². The summed E-state index contributed by atoms with van der Waals surface area (Å²) in [4.78, 5) is 0. The van der Waals surface area contributed by atoms with E-state index in [1.54, 1.807) is 0 Å². The Balaban J connectivity index is 2.56. The van der Waals surface area contributed by atoms with Crippen LogP contribution in [-0.2, 0) is 0 Å². The molecule has 1 nitrogen and oxygen atoms in total. The summed E-state index contributed by atoms with van der Waals surface area (Å²) in [5.41, 5.74) is 2.61. The summed E-state index contributed by atoms with van der Waals surface area (Å²) >= 11 is 3.33. The molecule has 2 heteroatoms. The highest BCUT2D eigenvalue weighted by molar-refractivity contribution is 9.11. The van der Waals surface area contributed by atoms with Gasteiger partial charge < -0.3 is 5.32 Å². The third-order valence-electron chi connectivity index (χ3n) is 2.18. The number of benzene rings is 1. The normalized spacial score (nSPS) is 12.5. The SMILES string of the molecule is C=C(Br)CN[C@@H](C)c1ccc(C)cc1. The van der Waals surface area contributed by atoms with E-state index in [1.165, 1.54) is 11.1 Å². The Kier molecular flexibility index (Phi) is 4.36. The smallest absolute Gasteiger partial charge is 0.0295 e. The molecule has 0 aliphatic rings. The Hall–Kier alpha value is -0.600. The van der Waals surface area contributed by atoms with E-state index in [4.69, 9.17) is 0 Å². The van der Waals surface area contributed by atoms with Gasteiger partial charge in [0.25, 0.3) is 0 Å². The molecule has 0 saturated carbocycles. The predicted octanol–water partition coefficient (Wildman–Crippen LogP) is 3.55. The van der Waals surface area contributed by atoms with Crippen molar-refractivity contribution >= 4 is 15.9 Å². The van der Waals surface area contributed by atoms with Crippen LogP contribution in [0.3, 0.4) is 0 Å². The molecular weight excluding hydrogens is 238 g/mol. The van der Waals surface area contributed by atoms with Gasteiger partial charge in [-0.05, 0) is 19.4 Å². The lowest BCUT2D eigenvalue weighted by Gasteiger charge is -2.13. The molecular formula is C12H16BrN. The predicted molar refractivity (Wildman–Crippen MR) is 65.7 cm³/mol. The maximum absolute atomic E-state index is 3.79. The van der Waals surface area contributed by atoms with Crippen LogP contribution in [0.1, 0.15) is 24.1 Å². The minimum atomic E-state index is 0.366. The van der Waals surface area contributed by atoms with Crippen LogP contribution in [0.5, 0.6) is 0 Å². The number of nitrogens with one attached hydrogen (secondary N) is 1. The largest absolute Gasteiger partial charge is 0.306 e. The fourth-order valence-electron chi connectivity index (χ4n) is 1.24. The van der Waals surface area contributed by atoms with E-state index in [1.807, 2.05) is 0 Å². The summed E-state index contributed by atoms with van der Waals surface area (Å²) in [6.45, 7) is 8.84. The van der Waals surface area contributed by atoms with Crippen molar-refractivity contribution in [2.24, 2.45) is 0 Å². The number of aryl methyl sites for hydroxylation is 1. The van der Waals surface area contributed by atoms with E-state index in [0.29, 0.717) is 6.04 Å². The molecule has 1 rings (SSSR count). The van der Waals surface area contributed by atoms with Crippen LogP contribution >= 0.6 is 15.9 Å². The number of rotatable bonds is 4. The number of hydrogen-bond acceptors (Lipinski definition) is 1. The first-order valence-electron chi connectivity index (χ1n) is 4.73. The Morgan fingerprint density at radius 2 is 2.00 bits per heavy atom. The van der Waals surface area contributed by atoms with Gasteiger partial charge in [-0.25, -0.2) is 0 Å². The van der Waals surface area contributed by atoms with Crippen molar-refractivity contribution in [3.8, 4) is 0 Å². The van der Waals surface area contributed by atoms with E-state index in [2.05, 4.69) is 65.9 Å². The molecule has 0 amide bonds. The monoisotopic (exact) mass is 253 g/mol. The molecule has 0 aliphatic heterocycles. The highest BCUT2D eigenvalue weighted by Crippen LogP contribution is 2.13. The summed E-state index contributed by atoms with van der Waals surface area (Å²) in [6, 6.07) is 8.95. The van der Waals surface area contributed by atoms with Gasteiger partial charge in [0.1, 0.15) is 0 Å². The van der Waals surface area contributed by atoms with Crippen LogP contribution in [0.25, 0.3) is 0 Å². The molecule has 0 fully saturated rings. The average molecular weight is 254 g/mol. The summed E-state index contributed by atoms with van der Waals surface area (Å²) in [7, 11) is 0. The Morgan fingerprint density at radius 3 is 2.50 bits per heavy atom. The van der Waals surface area contributed by atoms with Gasteiger partial charge in [-0.2, -0.15) is 0 Å². The van der Waals surface area contributed by atoms with Crippen LogP contribution in [0.15, 0.2) is 35.3 Å². The van der Waals surface area contributed by atoms with Crippen LogP contribution in [0.4, 0.5) is 0 Å². The van der Waals surface area contributed by atoms with Crippen LogP contribution in [0.2, 0.25) is 0 Å². The summed E-state index contributed by atoms with van der Waals surface area (Å²) < 4.78 is 0.983. The van der Waals surface area contributed by atoms with Gasteiger partial charge in [0.15, 0.2) is 0 Å². The molecule has 1 N–H and O–H groups in total. The maximum Gasteiger partial charge on any atom is 0.0295 e. The zero-order valence-corrected chi connectivity index (χ0v) is 10.3. The molecule has 0 spiro atoms. The molecule has 0 heterocycles. The number of halogens is 1. The first kappa shape index (κ1) is 11.5. The van der Waals surface area contributed by atoms with E-state index >= 15 is 0 Å². The molecule has 0 unspecified atom stereocenters. The lowest BCUT2D eigenvalue weighted by Crippen LogP contribution is -2.19. The Labute approximate surface area is 94.3 Å². The van der Waals surface area contributed by atoms with Crippen LogP contribution in [-0.4, -0.2) is 6.54 Å². The van der Waals surface area contributed by atoms with Gasteiger partial charge in [-0.15, -0.1) is 0 Å². The Morgan fingerprint density at radius 1 is 1.43 bits per heavy atom. The van der Waals surface area contributed by atoms with E-state index in [-0.39, 0.29) is 0 Å². The minimum absolute atomic E-state index is 0.366. The van der Waals surface area contributed by atoms with Crippen molar-refractivity contribution in [1.82, 2.24) is 5.32 Å². The maximum atomic E-state index is 3.79. The van der Waals surface area contributed by atoms with Gasteiger partial charge in [0, 0.05) is 17.1 Å². The summed E-state index contributed by atoms with van der Waals surface area (Å²) in [5, 5.41) is 3.37. The minimum Gasteiger partial charge on any atom is -0.306 e. The van der Waals surface area contributed by atoms with Gasteiger partial charge in [0.2, 0.25) is 0 Å². The van der Waals surface area contributed by atoms with Gasteiger partial charge >= 0.3 is 0 Å². The molecule has 0 bridgehead atoms. The zero-order valence-electron chi connectivity index (χ0n) is 8.68. The third-order valence-corrected chi connectivity index (χ3v) is 2.46. The molecule has 14 heavy (non-hydrogen) atoms. The zero-order chi connectivity index (χ0) is 10.6.